The van der Waals surface area contributed by atoms with E-state index in [9.17, 15) is 18.0 Å². The van der Waals surface area contributed by atoms with Crippen molar-refractivity contribution >= 4 is 11.6 Å². The number of amides is 1. The highest BCUT2D eigenvalue weighted by Gasteiger charge is 2.46. The molecule has 1 aliphatic carbocycles. The second kappa shape index (κ2) is 5.48. The second-order valence-electron chi connectivity index (χ2n) is 5.52. The summed E-state index contributed by atoms with van der Waals surface area (Å²) in [5, 5.41) is 2.44. The minimum atomic E-state index is -0.874. The van der Waals surface area contributed by atoms with Crippen molar-refractivity contribution in [3.8, 4) is 0 Å². The molecule has 22 heavy (non-hydrogen) atoms. The standard InChI is InChI=1S/C17H14F3NO/c18-12-4-1-3-11(9-12)17(7-2-8-17)16(22)21-15-10-13(19)5-6-14(15)20/h1,3-6,9-10H,2,7-8H2,(H,21,22). The first-order valence-corrected chi connectivity index (χ1v) is 7.04. The molecule has 0 saturated heterocycles. The molecule has 0 atom stereocenters. The number of carbonyl (C=O) groups excluding carboxylic acids is 1. The van der Waals surface area contributed by atoms with Crippen LogP contribution in [0.25, 0.3) is 0 Å². The number of nitrogens with one attached hydrogen (secondary N) is 1. The van der Waals surface area contributed by atoms with Crippen LogP contribution in [0.3, 0.4) is 0 Å². The summed E-state index contributed by atoms with van der Waals surface area (Å²) in [5.41, 5.74) is -0.512. The van der Waals surface area contributed by atoms with E-state index in [0.717, 1.165) is 24.6 Å². The van der Waals surface area contributed by atoms with Crippen LogP contribution in [0.15, 0.2) is 42.5 Å². The molecule has 0 radical (unpaired) electrons. The molecule has 0 heterocycles. The van der Waals surface area contributed by atoms with Crippen molar-refractivity contribution in [3.05, 3.63) is 65.5 Å². The van der Waals surface area contributed by atoms with Crippen molar-refractivity contribution in [3.63, 3.8) is 0 Å². The monoisotopic (exact) mass is 305 g/mol. The number of hydrogen-bond donors (Lipinski definition) is 1. The van der Waals surface area contributed by atoms with Gasteiger partial charge in [-0.25, -0.2) is 13.2 Å². The lowest BCUT2D eigenvalue weighted by atomic mass is 9.63. The van der Waals surface area contributed by atoms with Crippen LogP contribution in [0.1, 0.15) is 24.8 Å². The first-order chi connectivity index (χ1) is 10.5. The van der Waals surface area contributed by atoms with Gasteiger partial charge in [0.2, 0.25) is 5.91 Å². The fourth-order valence-corrected chi connectivity index (χ4v) is 2.80. The molecule has 1 amide bonds. The van der Waals surface area contributed by atoms with Crippen molar-refractivity contribution in [1.82, 2.24) is 0 Å². The van der Waals surface area contributed by atoms with Crippen LogP contribution in [-0.2, 0) is 10.2 Å². The zero-order chi connectivity index (χ0) is 15.7. The van der Waals surface area contributed by atoms with Crippen molar-refractivity contribution in [2.75, 3.05) is 5.32 Å². The molecule has 114 valence electrons. The predicted octanol–water partition coefficient (Wildman–Crippen LogP) is 4.16. The molecule has 0 aliphatic heterocycles. The van der Waals surface area contributed by atoms with Crippen molar-refractivity contribution in [1.29, 1.82) is 0 Å². The van der Waals surface area contributed by atoms with Gasteiger partial charge in [0.05, 0.1) is 11.1 Å². The van der Waals surface area contributed by atoms with E-state index < -0.39 is 28.8 Å². The van der Waals surface area contributed by atoms with Crippen LogP contribution in [-0.4, -0.2) is 5.91 Å². The summed E-state index contributed by atoms with van der Waals surface area (Å²) in [6.45, 7) is 0. The first-order valence-electron chi connectivity index (χ1n) is 7.04. The molecule has 0 spiro atoms. The molecular weight excluding hydrogens is 291 g/mol. The van der Waals surface area contributed by atoms with Crippen LogP contribution in [0.4, 0.5) is 18.9 Å². The Kier molecular flexibility index (Phi) is 3.64. The van der Waals surface area contributed by atoms with Gasteiger partial charge >= 0.3 is 0 Å². The summed E-state index contributed by atoms with van der Waals surface area (Å²) in [6.07, 6.45) is 1.94. The van der Waals surface area contributed by atoms with Crippen molar-refractivity contribution in [2.24, 2.45) is 0 Å². The van der Waals surface area contributed by atoms with Gasteiger partial charge in [0.15, 0.2) is 0 Å². The maximum absolute atomic E-state index is 13.7. The van der Waals surface area contributed by atoms with Crippen molar-refractivity contribution < 1.29 is 18.0 Å². The third kappa shape index (κ3) is 2.47. The van der Waals surface area contributed by atoms with Gasteiger partial charge < -0.3 is 5.32 Å². The SMILES string of the molecule is O=C(Nc1cc(F)ccc1F)C1(c2cccc(F)c2)CCC1. The first kappa shape index (κ1) is 14.6. The molecule has 5 heteroatoms. The number of rotatable bonds is 3. The van der Waals surface area contributed by atoms with Gasteiger partial charge in [-0.1, -0.05) is 18.6 Å². The van der Waals surface area contributed by atoms with Crippen molar-refractivity contribution in [2.45, 2.75) is 24.7 Å². The predicted molar refractivity (Wildman–Crippen MR) is 76.9 cm³/mol. The fraction of sp³-hybridized carbons (Fsp3) is 0.235. The van der Waals surface area contributed by atoms with Gasteiger partial charge in [-0.15, -0.1) is 0 Å². The zero-order valence-electron chi connectivity index (χ0n) is 11.7. The molecule has 1 fully saturated rings. The highest BCUT2D eigenvalue weighted by molar-refractivity contribution is 6.00. The number of benzene rings is 2. The molecule has 1 aliphatic rings. The summed E-state index contributed by atoms with van der Waals surface area (Å²) >= 11 is 0. The van der Waals surface area contributed by atoms with E-state index in [0.29, 0.717) is 18.4 Å². The maximum Gasteiger partial charge on any atom is 0.235 e. The highest BCUT2D eigenvalue weighted by Crippen LogP contribution is 2.44. The Labute approximate surface area is 126 Å². The largest absolute Gasteiger partial charge is 0.323 e. The van der Waals surface area contributed by atoms with Crippen LogP contribution in [0, 0.1) is 17.5 Å². The second-order valence-corrected chi connectivity index (χ2v) is 5.52. The molecular formula is C17H14F3NO. The quantitative estimate of drug-likeness (QED) is 0.906. The lowest BCUT2D eigenvalue weighted by Gasteiger charge is -2.40. The van der Waals surface area contributed by atoms with Crippen LogP contribution < -0.4 is 5.32 Å². The van der Waals surface area contributed by atoms with Crippen LogP contribution in [0.2, 0.25) is 0 Å². The van der Waals surface area contributed by atoms with Gasteiger partial charge in [-0.3, -0.25) is 4.79 Å². The average molecular weight is 305 g/mol. The van der Waals surface area contributed by atoms with E-state index in [2.05, 4.69) is 5.32 Å². The van der Waals surface area contributed by atoms with E-state index in [1.807, 2.05) is 0 Å². The minimum absolute atomic E-state index is 0.201. The third-order valence-corrected chi connectivity index (χ3v) is 4.20. The van der Waals surface area contributed by atoms with E-state index in [4.69, 9.17) is 0 Å². The Morgan fingerprint density at radius 3 is 2.36 bits per heavy atom. The summed E-state index contributed by atoms with van der Waals surface area (Å²) < 4.78 is 40.3. The molecule has 0 bridgehead atoms. The van der Waals surface area contributed by atoms with Gasteiger partial charge in [0.1, 0.15) is 17.5 Å². The van der Waals surface area contributed by atoms with Crippen LogP contribution in [0.5, 0.6) is 0 Å². The number of hydrogen-bond acceptors (Lipinski definition) is 1. The van der Waals surface area contributed by atoms with Gasteiger partial charge in [0, 0.05) is 6.07 Å². The average Bonchev–Trinajstić information content (AvgIpc) is 2.42. The number of carbonyl (C=O) groups is 1. The Hall–Kier alpha value is -2.30. The summed E-state index contributed by atoms with van der Waals surface area (Å²) in [4.78, 5) is 12.6. The molecule has 2 aromatic rings. The number of halogens is 3. The van der Waals surface area contributed by atoms with E-state index in [1.54, 1.807) is 12.1 Å². The van der Waals surface area contributed by atoms with Crippen LogP contribution >= 0.6 is 0 Å². The normalized spacial score (nSPS) is 16.0. The molecule has 1 N–H and O–H groups in total. The van der Waals surface area contributed by atoms with E-state index >= 15 is 0 Å². The lowest BCUT2D eigenvalue weighted by molar-refractivity contribution is -0.124. The molecule has 2 nitrogen and oxygen atoms in total. The fourth-order valence-electron chi connectivity index (χ4n) is 2.80. The molecule has 2 aromatic carbocycles. The maximum atomic E-state index is 13.7. The van der Waals surface area contributed by atoms with E-state index in [1.165, 1.54) is 12.1 Å². The third-order valence-electron chi connectivity index (χ3n) is 4.20. The number of anilines is 1. The zero-order valence-corrected chi connectivity index (χ0v) is 11.7. The topological polar surface area (TPSA) is 29.1 Å². The summed E-state index contributed by atoms with van der Waals surface area (Å²) in [7, 11) is 0. The highest BCUT2D eigenvalue weighted by atomic mass is 19.1. The Morgan fingerprint density at radius 2 is 1.73 bits per heavy atom. The van der Waals surface area contributed by atoms with E-state index in [-0.39, 0.29) is 5.69 Å². The smallest absolute Gasteiger partial charge is 0.235 e. The minimum Gasteiger partial charge on any atom is -0.323 e. The molecule has 3 rings (SSSR count). The Balaban J connectivity index is 1.91. The lowest BCUT2D eigenvalue weighted by Crippen LogP contribution is -2.46. The van der Waals surface area contributed by atoms with Gasteiger partial charge in [0.25, 0.3) is 0 Å². The summed E-state index contributed by atoms with van der Waals surface area (Å²) in [6, 6.07) is 8.73. The Bertz CT molecular complexity index is 726. The van der Waals surface area contributed by atoms with Gasteiger partial charge in [-0.2, -0.15) is 0 Å². The molecule has 0 unspecified atom stereocenters. The summed E-state index contributed by atoms with van der Waals surface area (Å²) in [5.74, 6) is -2.20. The molecule has 1 saturated carbocycles. The van der Waals surface area contributed by atoms with Gasteiger partial charge in [-0.05, 0) is 42.7 Å². The molecule has 0 aromatic heterocycles. The Morgan fingerprint density at radius 1 is 1.00 bits per heavy atom.